The van der Waals surface area contributed by atoms with Crippen molar-refractivity contribution in [1.82, 2.24) is 0 Å². The van der Waals surface area contributed by atoms with Gasteiger partial charge in [0.05, 0.1) is 11.5 Å². The molecule has 0 fully saturated rings. The van der Waals surface area contributed by atoms with Gasteiger partial charge in [0.25, 0.3) is 5.69 Å². The van der Waals surface area contributed by atoms with E-state index in [1.165, 1.54) is 24.3 Å². The Morgan fingerprint density at radius 2 is 1.72 bits per heavy atom. The highest BCUT2D eigenvalue weighted by atomic mass is 16.7. The summed E-state index contributed by atoms with van der Waals surface area (Å²) < 4.78 is 9.86. The van der Waals surface area contributed by atoms with Gasteiger partial charge in [-0.2, -0.15) is 0 Å². The molecule has 1 amide bonds. The highest BCUT2D eigenvalue weighted by Crippen LogP contribution is 2.18. The molecule has 0 saturated carbocycles. The van der Waals surface area contributed by atoms with Crippen LogP contribution in [0.25, 0.3) is 0 Å². The van der Waals surface area contributed by atoms with Gasteiger partial charge in [-0.25, -0.2) is 4.79 Å². The first-order chi connectivity index (χ1) is 12.0. The molecule has 25 heavy (non-hydrogen) atoms. The Balaban J connectivity index is 1.83. The van der Waals surface area contributed by atoms with Gasteiger partial charge in [-0.3, -0.25) is 14.9 Å². The van der Waals surface area contributed by atoms with Gasteiger partial charge in [0.1, 0.15) is 12.4 Å². The molecule has 0 heterocycles. The van der Waals surface area contributed by atoms with Gasteiger partial charge in [0, 0.05) is 17.8 Å². The molecule has 130 valence electrons. The number of nitrogens with one attached hydrogen (secondary N) is 1. The molecule has 3 N–H and O–H groups in total. The third kappa shape index (κ3) is 5.59. The first kappa shape index (κ1) is 17.9. The Morgan fingerprint density at radius 3 is 2.28 bits per heavy atom. The highest BCUT2D eigenvalue weighted by Gasteiger charge is 2.09. The lowest BCUT2D eigenvalue weighted by molar-refractivity contribution is -0.384. The van der Waals surface area contributed by atoms with Crippen LogP contribution in [0.4, 0.5) is 16.2 Å². The van der Waals surface area contributed by atoms with E-state index in [0.29, 0.717) is 11.3 Å². The summed E-state index contributed by atoms with van der Waals surface area (Å²) in [5, 5.41) is 13.1. The van der Waals surface area contributed by atoms with Gasteiger partial charge in [-0.05, 0) is 29.8 Å². The number of anilines is 1. The number of nitrogens with two attached hydrogens (primary N) is 1. The summed E-state index contributed by atoms with van der Waals surface area (Å²) in [4.78, 5) is 32.7. The molecule has 0 unspecified atom stereocenters. The smallest absolute Gasteiger partial charge is 0.429 e. The number of ether oxygens (including phenoxy) is 2. The van der Waals surface area contributed by atoms with Gasteiger partial charge in [0.15, 0.2) is 0 Å². The summed E-state index contributed by atoms with van der Waals surface area (Å²) >= 11 is 0. The second kappa shape index (κ2) is 8.41. The Kier molecular flexibility index (Phi) is 6.02. The zero-order valence-corrected chi connectivity index (χ0v) is 13.0. The van der Waals surface area contributed by atoms with E-state index in [1.54, 1.807) is 24.3 Å². The van der Waals surface area contributed by atoms with E-state index in [-0.39, 0.29) is 30.5 Å². The fourth-order valence-electron chi connectivity index (χ4n) is 1.80. The van der Waals surface area contributed by atoms with Crippen LogP contribution in [0.5, 0.6) is 5.75 Å². The van der Waals surface area contributed by atoms with Crippen molar-refractivity contribution in [3.8, 4) is 5.75 Å². The third-order valence-corrected chi connectivity index (χ3v) is 3.03. The van der Waals surface area contributed by atoms with Crippen LogP contribution in [0.3, 0.4) is 0 Å². The van der Waals surface area contributed by atoms with Gasteiger partial charge >= 0.3 is 6.16 Å². The van der Waals surface area contributed by atoms with Gasteiger partial charge in [-0.1, -0.05) is 12.1 Å². The number of amides is 1. The molecular weight excluding hydrogens is 330 g/mol. The summed E-state index contributed by atoms with van der Waals surface area (Å²) in [7, 11) is 0. The molecule has 0 aromatic heterocycles. The quantitative estimate of drug-likeness (QED) is 0.355. The van der Waals surface area contributed by atoms with Crippen LogP contribution in [-0.2, 0) is 16.1 Å². The van der Waals surface area contributed by atoms with E-state index < -0.39 is 11.1 Å². The molecule has 2 aromatic carbocycles. The number of nitro benzene ring substituents is 1. The van der Waals surface area contributed by atoms with Gasteiger partial charge in [0.2, 0.25) is 5.91 Å². The van der Waals surface area contributed by atoms with Crippen molar-refractivity contribution in [3.63, 3.8) is 0 Å². The lowest BCUT2D eigenvalue weighted by atomic mass is 10.2. The number of carbonyl (C=O) groups is 2. The van der Waals surface area contributed by atoms with Crippen LogP contribution in [-0.4, -0.2) is 23.5 Å². The zero-order chi connectivity index (χ0) is 18.2. The minimum absolute atomic E-state index is 0.0308. The SMILES string of the molecule is NCC(=O)Nc1ccc(COC(=O)Oc2ccc([N+](=O)[O-])cc2)cc1. The molecule has 0 saturated heterocycles. The number of non-ortho nitro benzene ring substituents is 1. The number of nitrogens with zero attached hydrogens (tertiary/aromatic N) is 1. The minimum Gasteiger partial charge on any atom is -0.429 e. The molecule has 0 aliphatic carbocycles. The average Bonchev–Trinajstić information content (AvgIpc) is 2.61. The summed E-state index contributed by atoms with van der Waals surface area (Å²) in [6.45, 7) is -0.143. The molecule has 0 atom stereocenters. The predicted molar refractivity (Wildman–Crippen MR) is 88.0 cm³/mol. The Morgan fingerprint density at radius 1 is 1.08 bits per heavy atom. The number of benzene rings is 2. The van der Waals surface area contributed by atoms with E-state index in [2.05, 4.69) is 5.32 Å². The number of hydrogen-bond donors (Lipinski definition) is 2. The van der Waals surface area contributed by atoms with E-state index in [1.807, 2.05) is 0 Å². The van der Waals surface area contributed by atoms with Crippen molar-refractivity contribution in [2.75, 3.05) is 11.9 Å². The number of nitro groups is 1. The van der Waals surface area contributed by atoms with Crippen LogP contribution in [0.1, 0.15) is 5.56 Å². The summed E-state index contributed by atoms with van der Waals surface area (Å²) in [6, 6.07) is 11.7. The molecule has 0 bridgehead atoms. The minimum atomic E-state index is -0.936. The Bertz CT molecular complexity index is 758. The first-order valence-electron chi connectivity index (χ1n) is 7.16. The molecule has 0 aliphatic heterocycles. The maximum absolute atomic E-state index is 11.6. The number of carbonyl (C=O) groups excluding carboxylic acids is 2. The zero-order valence-electron chi connectivity index (χ0n) is 13.0. The Hall–Kier alpha value is -3.46. The van der Waals surface area contributed by atoms with Crippen LogP contribution in [0, 0.1) is 10.1 Å². The van der Waals surface area contributed by atoms with E-state index in [4.69, 9.17) is 15.2 Å². The number of rotatable bonds is 6. The molecule has 0 aliphatic rings. The lowest BCUT2D eigenvalue weighted by Crippen LogP contribution is -2.21. The third-order valence-electron chi connectivity index (χ3n) is 3.03. The molecule has 0 spiro atoms. The van der Waals surface area contributed by atoms with Crippen molar-refractivity contribution in [3.05, 3.63) is 64.2 Å². The van der Waals surface area contributed by atoms with Crippen LogP contribution < -0.4 is 15.8 Å². The van der Waals surface area contributed by atoms with Crippen molar-refractivity contribution in [2.45, 2.75) is 6.61 Å². The van der Waals surface area contributed by atoms with Crippen LogP contribution in [0.15, 0.2) is 48.5 Å². The fraction of sp³-hybridized carbons (Fsp3) is 0.125. The molecule has 2 rings (SSSR count). The highest BCUT2D eigenvalue weighted by molar-refractivity contribution is 5.92. The summed E-state index contributed by atoms with van der Waals surface area (Å²) in [5.74, 6) is -0.175. The maximum Gasteiger partial charge on any atom is 0.514 e. The monoisotopic (exact) mass is 345 g/mol. The second-order valence-corrected chi connectivity index (χ2v) is 4.84. The maximum atomic E-state index is 11.6. The predicted octanol–water partition coefficient (Wildman–Crippen LogP) is 2.21. The summed E-state index contributed by atoms with van der Waals surface area (Å²) in [6.07, 6.45) is -0.936. The van der Waals surface area contributed by atoms with Gasteiger partial charge < -0.3 is 20.5 Å². The lowest BCUT2D eigenvalue weighted by Gasteiger charge is -2.07. The van der Waals surface area contributed by atoms with Crippen LogP contribution in [0.2, 0.25) is 0 Å². The molecule has 9 nitrogen and oxygen atoms in total. The molecular formula is C16H15N3O6. The van der Waals surface area contributed by atoms with E-state index in [9.17, 15) is 19.7 Å². The summed E-state index contributed by atoms with van der Waals surface area (Å²) in [5.41, 5.74) is 6.35. The van der Waals surface area contributed by atoms with Crippen molar-refractivity contribution < 1.29 is 24.0 Å². The van der Waals surface area contributed by atoms with E-state index >= 15 is 0 Å². The average molecular weight is 345 g/mol. The second-order valence-electron chi connectivity index (χ2n) is 4.84. The topological polar surface area (TPSA) is 134 Å². The molecule has 2 aromatic rings. The van der Waals surface area contributed by atoms with Crippen molar-refractivity contribution in [2.24, 2.45) is 5.73 Å². The first-order valence-corrected chi connectivity index (χ1v) is 7.16. The Labute approximate surface area is 142 Å². The largest absolute Gasteiger partial charge is 0.514 e. The van der Waals surface area contributed by atoms with Gasteiger partial charge in [-0.15, -0.1) is 0 Å². The van der Waals surface area contributed by atoms with E-state index in [0.717, 1.165) is 0 Å². The van der Waals surface area contributed by atoms with Crippen molar-refractivity contribution >= 4 is 23.4 Å². The number of hydrogen-bond acceptors (Lipinski definition) is 7. The van der Waals surface area contributed by atoms with Crippen LogP contribution >= 0.6 is 0 Å². The van der Waals surface area contributed by atoms with Crippen molar-refractivity contribution in [1.29, 1.82) is 0 Å². The normalized spacial score (nSPS) is 9.96. The molecule has 0 radical (unpaired) electrons. The fourth-order valence-corrected chi connectivity index (χ4v) is 1.80. The molecule has 9 heteroatoms. The standard InChI is InChI=1S/C16H15N3O6/c17-9-15(20)18-12-3-1-11(2-4-12)10-24-16(21)25-14-7-5-13(6-8-14)19(22)23/h1-8H,9-10,17H2,(H,18,20).